The highest BCUT2D eigenvalue weighted by Crippen LogP contribution is 2.30. The van der Waals surface area contributed by atoms with Crippen LogP contribution in [0.25, 0.3) is 0 Å². The number of amides is 1. The molecule has 0 aromatic heterocycles. The topological polar surface area (TPSA) is 29.1 Å². The summed E-state index contributed by atoms with van der Waals surface area (Å²) in [4.78, 5) is 12.1. The molecule has 0 spiro atoms. The van der Waals surface area contributed by atoms with Crippen molar-refractivity contribution in [1.29, 1.82) is 0 Å². The first-order valence-electron chi connectivity index (χ1n) is 6.31. The molecule has 0 bridgehead atoms. The molecule has 1 aliphatic carbocycles. The zero-order valence-corrected chi connectivity index (χ0v) is 13.3. The average molecular weight is 378 g/mol. The Hall–Kier alpha value is -0.290. The van der Waals surface area contributed by atoms with Crippen LogP contribution in [0.15, 0.2) is 18.2 Å². The Morgan fingerprint density at radius 3 is 2.94 bits per heavy atom. The van der Waals surface area contributed by atoms with Gasteiger partial charge in [-0.1, -0.05) is 31.4 Å². The zero-order chi connectivity index (χ0) is 13.1. The molecule has 2 rings (SSSR count). The Morgan fingerprint density at radius 1 is 1.50 bits per heavy atom. The first kappa shape index (κ1) is 14.1. The fourth-order valence-corrected chi connectivity index (χ4v) is 3.27. The summed E-state index contributed by atoms with van der Waals surface area (Å²) in [6.07, 6.45) is 3.81. The average Bonchev–Trinajstić information content (AvgIpc) is 2.75. The molecule has 2 nitrogen and oxygen atoms in total. The summed E-state index contributed by atoms with van der Waals surface area (Å²) in [5, 5.41) is 3.64. The second-order valence-electron chi connectivity index (χ2n) is 5.00. The fraction of sp³-hybridized carbons (Fsp3) is 0.500. The number of halogens is 2. The monoisotopic (exact) mass is 377 g/mol. The molecule has 1 saturated carbocycles. The van der Waals surface area contributed by atoms with E-state index in [2.05, 4.69) is 34.8 Å². The summed E-state index contributed by atoms with van der Waals surface area (Å²) >= 11 is 8.09. The van der Waals surface area contributed by atoms with E-state index >= 15 is 0 Å². The van der Waals surface area contributed by atoms with Crippen molar-refractivity contribution in [3.8, 4) is 0 Å². The van der Waals surface area contributed by atoms with Gasteiger partial charge in [0.25, 0.3) is 5.91 Å². The van der Waals surface area contributed by atoms with Crippen LogP contribution < -0.4 is 5.32 Å². The standard InChI is InChI=1S/C14H17ClINO/c1-9-3-2-4-10(9)8-17-14(18)12-7-11(15)5-6-13(12)16/h5-7,9-10H,2-4,8H2,1H3,(H,17,18). The molecular weight excluding hydrogens is 361 g/mol. The first-order chi connectivity index (χ1) is 8.58. The molecule has 4 heteroatoms. The molecule has 1 aliphatic rings. The van der Waals surface area contributed by atoms with Crippen molar-refractivity contribution in [2.75, 3.05) is 6.54 Å². The lowest BCUT2D eigenvalue weighted by Gasteiger charge is -2.16. The Morgan fingerprint density at radius 2 is 2.28 bits per heavy atom. The highest BCUT2D eigenvalue weighted by Gasteiger charge is 2.23. The Labute approximate surface area is 127 Å². The van der Waals surface area contributed by atoms with Gasteiger partial charge in [0.1, 0.15) is 0 Å². The molecule has 1 aromatic carbocycles. The third-order valence-corrected chi connectivity index (χ3v) is 4.91. The minimum atomic E-state index is -0.0130. The van der Waals surface area contributed by atoms with Gasteiger partial charge < -0.3 is 5.32 Å². The predicted molar refractivity (Wildman–Crippen MR) is 83.0 cm³/mol. The second kappa shape index (κ2) is 6.24. The van der Waals surface area contributed by atoms with Gasteiger partial charge in [-0.2, -0.15) is 0 Å². The lowest BCUT2D eigenvalue weighted by molar-refractivity contribution is 0.0943. The molecule has 0 aliphatic heterocycles. The third kappa shape index (κ3) is 3.38. The van der Waals surface area contributed by atoms with E-state index in [-0.39, 0.29) is 5.91 Å². The number of hydrogen-bond acceptors (Lipinski definition) is 1. The molecule has 0 heterocycles. The van der Waals surface area contributed by atoms with E-state index in [1.165, 1.54) is 19.3 Å². The van der Waals surface area contributed by atoms with Crippen molar-refractivity contribution < 1.29 is 4.79 Å². The van der Waals surface area contributed by atoms with E-state index in [4.69, 9.17) is 11.6 Å². The lowest BCUT2D eigenvalue weighted by atomic mass is 9.98. The van der Waals surface area contributed by atoms with Gasteiger partial charge in [-0.15, -0.1) is 0 Å². The third-order valence-electron chi connectivity index (χ3n) is 3.74. The largest absolute Gasteiger partial charge is 0.352 e. The summed E-state index contributed by atoms with van der Waals surface area (Å²) in [6.45, 7) is 3.05. The fourth-order valence-electron chi connectivity index (χ4n) is 2.52. The number of nitrogens with one attached hydrogen (secondary N) is 1. The second-order valence-corrected chi connectivity index (χ2v) is 6.60. The predicted octanol–water partition coefficient (Wildman–Crippen LogP) is 4.11. The molecule has 98 valence electrons. The molecule has 1 fully saturated rings. The van der Waals surface area contributed by atoms with Gasteiger partial charge in [0.2, 0.25) is 0 Å². The number of rotatable bonds is 3. The maximum atomic E-state index is 12.1. The quantitative estimate of drug-likeness (QED) is 0.789. The van der Waals surface area contributed by atoms with Gasteiger partial charge in [0.05, 0.1) is 5.56 Å². The molecule has 1 amide bonds. The molecule has 1 N–H and O–H groups in total. The van der Waals surface area contributed by atoms with Crippen molar-refractivity contribution >= 4 is 40.1 Å². The van der Waals surface area contributed by atoms with Gasteiger partial charge in [0.15, 0.2) is 0 Å². The molecule has 18 heavy (non-hydrogen) atoms. The number of hydrogen-bond donors (Lipinski definition) is 1. The van der Waals surface area contributed by atoms with Crippen molar-refractivity contribution in [2.45, 2.75) is 26.2 Å². The SMILES string of the molecule is CC1CCCC1CNC(=O)c1cc(Cl)ccc1I. The smallest absolute Gasteiger partial charge is 0.252 e. The van der Waals surface area contributed by atoms with Crippen LogP contribution in [0.1, 0.15) is 36.5 Å². The maximum absolute atomic E-state index is 12.1. The molecule has 0 saturated heterocycles. The van der Waals surface area contributed by atoms with Crippen molar-refractivity contribution in [3.05, 3.63) is 32.4 Å². The molecule has 1 aromatic rings. The Balaban J connectivity index is 1.97. The maximum Gasteiger partial charge on any atom is 0.252 e. The molecule has 2 atom stereocenters. The molecular formula is C14H17ClINO. The summed E-state index contributed by atoms with van der Waals surface area (Å²) in [5.74, 6) is 1.34. The van der Waals surface area contributed by atoms with Crippen LogP contribution >= 0.6 is 34.2 Å². The van der Waals surface area contributed by atoms with Crippen molar-refractivity contribution in [1.82, 2.24) is 5.32 Å². The van der Waals surface area contributed by atoms with Crippen LogP contribution in [-0.2, 0) is 0 Å². The van der Waals surface area contributed by atoms with Gasteiger partial charge in [-0.25, -0.2) is 0 Å². The number of benzene rings is 1. The zero-order valence-electron chi connectivity index (χ0n) is 10.4. The van der Waals surface area contributed by atoms with E-state index < -0.39 is 0 Å². The van der Waals surface area contributed by atoms with E-state index in [0.717, 1.165) is 16.0 Å². The Bertz CT molecular complexity index is 449. The normalized spacial score (nSPS) is 23.1. The minimum Gasteiger partial charge on any atom is -0.352 e. The van der Waals surface area contributed by atoms with Crippen LogP contribution in [0.5, 0.6) is 0 Å². The van der Waals surface area contributed by atoms with Crippen molar-refractivity contribution in [2.24, 2.45) is 11.8 Å². The number of carbonyl (C=O) groups is 1. The summed E-state index contributed by atoms with van der Waals surface area (Å²) in [5.41, 5.74) is 0.675. The van der Waals surface area contributed by atoms with Crippen LogP contribution in [0, 0.1) is 15.4 Å². The van der Waals surface area contributed by atoms with Gasteiger partial charge in [0, 0.05) is 15.1 Å². The summed E-state index contributed by atoms with van der Waals surface area (Å²) in [7, 11) is 0. The van der Waals surface area contributed by atoms with Crippen molar-refractivity contribution in [3.63, 3.8) is 0 Å². The van der Waals surface area contributed by atoms with Gasteiger partial charge in [-0.3, -0.25) is 4.79 Å². The van der Waals surface area contributed by atoms with Crippen LogP contribution in [0.3, 0.4) is 0 Å². The van der Waals surface area contributed by atoms with Gasteiger partial charge in [-0.05, 0) is 59.0 Å². The molecule has 0 radical (unpaired) electrons. The van der Waals surface area contributed by atoms with E-state index in [0.29, 0.717) is 16.5 Å². The van der Waals surface area contributed by atoms with Gasteiger partial charge >= 0.3 is 0 Å². The van der Waals surface area contributed by atoms with Crippen LogP contribution in [0.2, 0.25) is 5.02 Å². The van der Waals surface area contributed by atoms with E-state index in [1.807, 2.05) is 6.07 Å². The molecule has 2 unspecified atom stereocenters. The lowest BCUT2D eigenvalue weighted by Crippen LogP contribution is -2.30. The first-order valence-corrected chi connectivity index (χ1v) is 7.77. The number of carbonyl (C=O) groups excluding carboxylic acids is 1. The summed E-state index contributed by atoms with van der Waals surface area (Å²) in [6, 6.07) is 5.41. The summed E-state index contributed by atoms with van der Waals surface area (Å²) < 4.78 is 0.939. The highest BCUT2D eigenvalue weighted by molar-refractivity contribution is 14.1. The minimum absolute atomic E-state index is 0.0130. The van der Waals surface area contributed by atoms with E-state index in [1.54, 1.807) is 12.1 Å². The van der Waals surface area contributed by atoms with Crippen LogP contribution in [-0.4, -0.2) is 12.5 Å². The van der Waals surface area contributed by atoms with Crippen LogP contribution in [0.4, 0.5) is 0 Å². The van der Waals surface area contributed by atoms with E-state index in [9.17, 15) is 4.79 Å². The highest BCUT2D eigenvalue weighted by atomic mass is 127. The Kier molecular flexibility index (Phi) is 4.90.